The second-order valence-corrected chi connectivity index (χ2v) is 4.48. The molecule has 2 rings (SSSR count). The average molecular weight is 212 g/mol. The molecule has 0 unspecified atom stereocenters. The Morgan fingerprint density at radius 2 is 2.08 bits per heavy atom. The quantitative estimate of drug-likeness (QED) is 0.697. The number of anilines is 1. The van der Waals surface area contributed by atoms with Crippen molar-refractivity contribution in [3.63, 3.8) is 0 Å². The highest BCUT2D eigenvalue weighted by Crippen LogP contribution is 2.32. The van der Waals surface area contributed by atoms with Crippen molar-refractivity contribution < 1.29 is 0 Å². The van der Waals surface area contributed by atoms with Gasteiger partial charge in [-0.1, -0.05) is 11.6 Å². The SMILES string of the molecule is CN(C)c1ccc2c(Cl)csc2c1. The van der Waals surface area contributed by atoms with Crippen LogP contribution in [-0.2, 0) is 0 Å². The average Bonchev–Trinajstić information content (AvgIpc) is 2.47. The highest BCUT2D eigenvalue weighted by atomic mass is 35.5. The lowest BCUT2D eigenvalue weighted by atomic mass is 10.2. The molecule has 1 aromatic heterocycles. The first kappa shape index (κ1) is 8.85. The maximum atomic E-state index is 6.00. The maximum Gasteiger partial charge on any atom is 0.0591 e. The molecule has 68 valence electrons. The Hall–Kier alpha value is -0.730. The zero-order valence-electron chi connectivity index (χ0n) is 7.54. The summed E-state index contributed by atoms with van der Waals surface area (Å²) in [6.07, 6.45) is 0. The Kier molecular flexibility index (Phi) is 2.18. The van der Waals surface area contributed by atoms with Crippen LogP contribution in [0.25, 0.3) is 10.1 Å². The molecule has 0 amide bonds. The second kappa shape index (κ2) is 3.20. The first-order chi connectivity index (χ1) is 6.18. The Bertz CT molecular complexity index is 433. The molecule has 0 aliphatic carbocycles. The third-order valence-corrected chi connectivity index (χ3v) is 3.42. The molecule has 13 heavy (non-hydrogen) atoms. The summed E-state index contributed by atoms with van der Waals surface area (Å²) in [4.78, 5) is 2.09. The minimum absolute atomic E-state index is 0.852. The van der Waals surface area contributed by atoms with Crippen molar-refractivity contribution in [2.45, 2.75) is 0 Å². The molecule has 0 N–H and O–H groups in total. The summed E-state index contributed by atoms with van der Waals surface area (Å²) in [6, 6.07) is 6.32. The maximum absolute atomic E-state index is 6.00. The van der Waals surface area contributed by atoms with Crippen LogP contribution in [0.2, 0.25) is 5.02 Å². The molecular formula is C10H10ClNS. The van der Waals surface area contributed by atoms with E-state index in [1.54, 1.807) is 11.3 Å². The molecule has 0 fully saturated rings. The third kappa shape index (κ3) is 1.52. The molecule has 0 aliphatic heterocycles. The van der Waals surface area contributed by atoms with E-state index in [0.717, 1.165) is 10.4 Å². The lowest BCUT2D eigenvalue weighted by Crippen LogP contribution is -2.07. The van der Waals surface area contributed by atoms with Gasteiger partial charge in [-0.25, -0.2) is 0 Å². The van der Waals surface area contributed by atoms with E-state index in [1.165, 1.54) is 10.4 Å². The van der Waals surface area contributed by atoms with Crippen molar-refractivity contribution >= 4 is 38.7 Å². The van der Waals surface area contributed by atoms with E-state index in [2.05, 4.69) is 23.1 Å². The van der Waals surface area contributed by atoms with E-state index >= 15 is 0 Å². The van der Waals surface area contributed by atoms with Gasteiger partial charge in [-0.3, -0.25) is 0 Å². The zero-order chi connectivity index (χ0) is 9.42. The fourth-order valence-corrected chi connectivity index (χ4v) is 2.47. The molecule has 0 saturated heterocycles. The molecule has 0 bridgehead atoms. The molecular weight excluding hydrogens is 202 g/mol. The van der Waals surface area contributed by atoms with Gasteiger partial charge in [-0.2, -0.15) is 0 Å². The number of hydrogen-bond acceptors (Lipinski definition) is 2. The van der Waals surface area contributed by atoms with E-state index < -0.39 is 0 Å². The lowest BCUT2D eigenvalue weighted by Gasteiger charge is -2.11. The van der Waals surface area contributed by atoms with Gasteiger partial charge in [0.25, 0.3) is 0 Å². The van der Waals surface area contributed by atoms with Gasteiger partial charge in [-0.15, -0.1) is 11.3 Å². The molecule has 1 aromatic carbocycles. The van der Waals surface area contributed by atoms with Gasteiger partial charge in [-0.05, 0) is 18.2 Å². The summed E-state index contributed by atoms with van der Waals surface area (Å²) in [5.41, 5.74) is 1.21. The molecule has 0 radical (unpaired) electrons. The number of rotatable bonds is 1. The number of nitrogens with zero attached hydrogens (tertiary/aromatic N) is 1. The number of hydrogen-bond donors (Lipinski definition) is 0. The summed E-state index contributed by atoms with van der Waals surface area (Å²) in [6.45, 7) is 0. The smallest absolute Gasteiger partial charge is 0.0591 e. The fraction of sp³-hybridized carbons (Fsp3) is 0.200. The van der Waals surface area contributed by atoms with Crippen molar-refractivity contribution in [3.05, 3.63) is 28.6 Å². The van der Waals surface area contributed by atoms with Crippen LogP contribution in [0.5, 0.6) is 0 Å². The molecule has 2 aromatic rings. The molecule has 1 heterocycles. The van der Waals surface area contributed by atoms with Crippen LogP contribution in [0.1, 0.15) is 0 Å². The lowest BCUT2D eigenvalue weighted by molar-refractivity contribution is 1.14. The van der Waals surface area contributed by atoms with Crippen LogP contribution in [0.15, 0.2) is 23.6 Å². The minimum atomic E-state index is 0.852. The molecule has 0 saturated carbocycles. The van der Waals surface area contributed by atoms with E-state index in [1.807, 2.05) is 19.5 Å². The van der Waals surface area contributed by atoms with Gasteiger partial charge in [0.2, 0.25) is 0 Å². The van der Waals surface area contributed by atoms with E-state index in [9.17, 15) is 0 Å². The van der Waals surface area contributed by atoms with Crippen molar-refractivity contribution in [3.8, 4) is 0 Å². The fourth-order valence-electron chi connectivity index (χ4n) is 1.26. The monoisotopic (exact) mass is 211 g/mol. The number of thiophene rings is 1. The Morgan fingerprint density at radius 1 is 1.31 bits per heavy atom. The number of benzene rings is 1. The predicted molar refractivity (Wildman–Crippen MR) is 61.2 cm³/mol. The Balaban J connectivity index is 2.63. The van der Waals surface area contributed by atoms with E-state index in [0.29, 0.717) is 0 Å². The van der Waals surface area contributed by atoms with E-state index in [4.69, 9.17) is 11.6 Å². The number of halogens is 1. The first-order valence-electron chi connectivity index (χ1n) is 4.02. The first-order valence-corrected chi connectivity index (χ1v) is 5.28. The van der Waals surface area contributed by atoms with Gasteiger partial charge >= 0.3 is 0 Å². The molecule has 3 heteroatoms. The largest absolute Gasteiger partial charge is 0.378 e. The number of fused-ring (bicyclic) bond motifs is 1. The van der Waals surface area contributed by atoms with Crippen molar-refractivity contribution in [2.75, 3.05) is 19.0 Å². The van der Waals surface area contributed by atoms with Crippen LogP contribution < -0.4 is 4.90 Å². The molecule has 0 spiro atoms. The van der Waals surface area contributed by atoms with Crippen LogP contribution >= 0.6 is 22.9 Å². The van der Waals surface area contributed by atoms with Crippen LogP contribution in [0, 0.1) is 0 Å². The zero-order valence-corrected chi connectivity index (χ0v) is 9.12. The van der Waals surface area contributed by atoms with Crippen LogP contribution in [0.4, 0.5) is 5.69 Å². The minimum Gasteiger partial charge on any atom is -0.378 e. The van der Waals surface area contributed by atoms with Gasteiger partial charge < -0.3 is 4.90 Å². The van der Waals surface area contributed by atoms with Crippen LogP contribution in [0.3, 0.4) is 0 Å². The van der Waals surface area contributed by atoms with Crippen molar-refractivity contribution in [1.29, 1.82) is 0 Å². The van der Waals surface area contributed by atoms with Gasteiger partial charge in [0.1, 0.15) is 0 Å². The highest BCUT2D eigenvalue weighted by molar-refractivity contribution is 7.17. The predicted octanol–water partition coefficient (Wildman–Crippen LogP) is 3.62. The summed E-state index contributed by atoms with van der Waals surface area (Å²) in [7, 11) is 4.08. The third-order valence-electron chi connectivity index (χ3n) is 2.03. The standard InChI is InChI=1S/C10H10ClNS/c1-12(2)7-3-4-8-9(11)6-13-10(8)5-7/h3-6H,1-2H3. The van der Waals surface area contributed by atoms with Gasteiger partial charge in [0, 0.05) is 35.2 Å². The Labute approximate surface area is 86.5 Å². The topological polar surface area (TPSA) is 3.24 Å². The summed E-state index contributed by atoms with van der Waals surface area (Å²) >= 11 is 7.69. The Morgan fingerprint density at radius 3 is 2.77 bits per heavy atom. The van der Waals surface area contributed by atoms with E-state index in [-0.39, 0.29) is 0 Å². The van der Waals surface area contributed by atoms with Gasteiger partial charge in [0.05, 0.1) is 5.02 Å². The molecule has 1 nitrogen and oxygen atoms in total. The molecule has 0 aliphatic rings. The van der Waals surface area contributed by atoms with Gasteiger partial charge in [0.15, 0.2) is 0 Å². The molecule has 0 atom stereocenters. The van der Waals surface area contributed by atoms with Crippen molar-refractivity contribution in [1.82, 2.24) is 0 Å². The normalized spacial score (nSPS) is 10.7. The second-order valence-electron chi connectivity index (χ2n) is 3.16. The summed E-state index contributed by atoms with van der Waals surface area (Å²) < 4.78 is 1.25. The van der Waals surface area contributed by atoms with Crippen LogP contribution in [-0.4, -0.2) is 14.1 Å². The highest BCUT2D eigenvalue weighted by Gasteiger charge is 2.02. The summed E-state index contributed by atoms with van der Waals surface area (Å²) in [5.74, 6) is 0. The summed E-state index contributed by atoms with van der Waals surface area (Å²) in [5, 5.41) is 3.98. The van der Waals surface area contributed by atoms with Crippen molar-refractivity contribution in [2.24, 2.45) is 0 Å².